The highest BCUT2D eigenvalue weighted by Gasteiger charge is 2.19. The summed E-state index contributed by atoms with van der Waals surface area (Å²) in [5.74, 6) is 0.620. The molecule has 3 nitrogen and oxygen atoms in total. The van der Waals surface area contributed by atoms with Gasteiger partial charge in [0.1, 0.15) is 5.76 Å². The fourth-order valence-electron chi connectivity index (χ4n) is 0.451. The van der Waals surface area contributed by atoms with Gasteiger partial charge in [-0.3, -0.25) is 0 Å². The van der Waals surface area contributed by atoms with Crippen molar-refractivity contribution >= 4 is 20.2 Å². The molecule has 0 atom stereocenters. The molecular weight excluding hydrogens is 174 g/mol. The predicted molar refractivity (Wildman–Crippen MR) is 39.5 cm³/mol. The van der Waals surface area contributed by atoms with Gasteiger partial charge in [0.2, 0.25) is 0 Å². The Bertz CT molecular complexity index is 133. The first-order chi connectivity index (χ1) is 4.83. The first-order valence-electron chi connectivity index (χ1n) is 2.84. The van der Waals surface area contributed by atoms with Crippen LogP contribution in [0.2, 0.25) is 0 Å². The van der Waals surface area contributed by atoms with Gasteiger partial charge in [-0.2, -0.15) is 0 Å². The van der Waals surface area contributed by atoms with Crippen molar-refractivity contribution in [2.24, 2.45) is 0 Å². The molecule has 0 radical (unpaired) electrons. The molecule has 0 N–H and O–H groups in total. The molecule has 0 aromatic heterocycles. The lowest BCUT2D eigenvalue weighted by molar-refractivity contribution is 0.306. The molecule has 0 aromatic carbocycles. The lowest BCUT2D eigenvalue weighted by atomic mass is 10.7. The van der Waals surface area contributed by atoms with E-state index < -0.39 is 8.60 Å². The Morgan fingerprint density at radius 2 is 2.20 bits per heavy atom. The Labute approximate surface area is 65.9 Å². The molecule has 1 aliphatic rings. The van der Waals surface area contributed by atoms with Gasteiger partial charge in [-0.15, -0.1) is 0 Å². The van der Waals surface area contributed by atoms with Crippen LogP contribution in [0.5, 0.6) is 0 Å². The van der Waals surface area contributed by atoms with Crippen LogP contribution < -0.4 is 0 Å². The molecule has 1 saturated heterocycles. The fourth-order valence-corrected chi connectivity index (χ4v) is 1.47. The second kappa shape index (κ2) is 4.14. The number of hydrogen-bond donors (Lipinski definition) is 0. The quantitative estimate of drug-likeness (QED) is 0.485. The van der Waals surface area contributed by atoms with Gasteiger partial charge in [0.05, 0.1) is 13.2 Å². The van der Waals surface area contributed by atoms with Crippen LogP contribution in [0.15, 0.2) is 11.3 Å². The summed E-state index contributed by atoms with van der Waals surface area (Å²) in [4.78, 5) is 0. The third-order valence-corrected chi connectivity index (χ3v) is 2.38. The third-order valence-electron chi connectivity index (χ3n) is 0.849. The Kier molecular flexibility index (Phi) is 3.43. The molecule has 1 fully saturated rings. The van der Waals surface area contributed by atoms with Gasteiger partial charge in [-0.1, -0.05) is 11.6 Å². The van der Waals surface area contributed by atoms with Gasteiger partial charge in [0.15, 0.2) is 0 Å². The number of halogens is 1. The summed E-state index contributed by atoms with van der Waals surface area (Å²) < 4.78 is 15.2. The zero-order chi connectivity index (χ0) is 7.40. The highest BCUT2D eigenvalue weighted by Crippen LogP contribution is 2.45. The van der Waals surface area contributed by atoms with Crippen molar-refractivity contribution in [1.29, 1.82) is 0 Å². The zero-order valence-electron chi connectivity index (χ0n) is 5.54. The van der Waals surface area contributed by atoms with Gasteiger partial charge >= 0.3 is 8.60 Å². The first-order valence-corrected chi connectivity index (χ1v) is 4.37. The normalized spacial score (nSPS) is 21.6. The molecule has 0 saturated carbocycles. The van der Waals surface area contributed by atoms with Gasteiger partial charge in [-0.05, 0) is 6.92 Å². The second-order valence-electron chi connectivity index (χ2n) is 1.70. The minimum absolute atomic E-state index is 0.612. The average Bonchev–Trinajstić information content (AvgIpc) is 2.40. The molecular formula is C5H8ClO3P. The predicted octanol–water partition coefficient (Wildman–Crippen LogP) is 2.38. The van der Waals surface area contributed by atoms with E-state index in [4.69, 9.17) is 25.2 Å². The molecule has 1 heterocycles. The minimum Gasteiger partial charge on any atom is -0.431 e. The summed E-state index contributed by atoms with van der Waals surface area (Å²) in [5.41, 5.74) is 1.35. The molecule has 1 aliphatic heterocycles. The fraction of sp³-hybridized carbons (Fsp3) is 0.600. The zero-order valence-corrected chi connectivity index (χ0v) is 7.19. The van der Waals surface area contributed by atoms with Crippen LogP contribution in [-0.4, -0.2) is 13.2 Å². The van der Waals surface area contributed by atoms with Gasteiger partial charge in [0.25, 0.3) is 0 Å². The maximum atomic E-state index is 5.34. The van der Waals surface area contributed by atoms with Crippen LogP contribution in [0.25, 0.3) is 0 Å². The van der Waals surface area contributed by atoms with Gasteiger partial charge in [-0.25, -0.2) is 0 Å². The molecule has 0 bridgehead atoms. The van der Waals surface area contributed by atoms with Crippen LogP contribution in [0, 0.1) is 0 Å². The molecule has 0 aromatic rings. The maximum Gasteiger partial charge on any atom is 0.397 e. The SMILES string of the molecule is C/C(=C/Cl)OP1OCCO1. The minimum atomic E-state index is -1.14. The standard InChI is InChI=1S/C5H8ClO3P/c1-5(4-6)9-10-7-2-3-8-10/h4H,2-3H2,1H3/b5-4-. The Hall–Kier alpha value is 0.180. The van der Waals surface area contributed by atoms with E-state index in [1.54, 1.807) is 6.92 Å². The van der Waals surface area contributed by atoms with Crippen LogP contribution in [0.4, 0.5) is 0 Å². The van der Waals surface area contributed by atoms with E-state index in [2.05, 4.69) is 0 Å². The van der Waals surface area contributed by atoms with E-state index in [9.17, 15) is 0 Å². The van der Waals surface area contributed by atoms with Crippen molar-refractivity contribution in [1.82, 2.24) is 0 Å². The summed E-state index contributed by atoms with van der Waals surface area (Å²) in [5, 5.41) is 0. The third kappa shape index (κ3) is 2.43. The molecule has 0 amide bonds. The van der Waals surface area contributed by atoms with Crippen molar-refractivity contribution in [3.05, 3.63) is 11.3 Å². The van der Waals surface area contributed by atoms with Crippen molar-refractivity contribution < 1.29 is 13.6 Å². The van der Waals surface area contributed by atoms with Gasteiger partial charge in [0, 0.05) is 5.54 Å². The highest BCUT2D eigenvalue weighted by atomic mass is 35.5. The number of allylic oxidation sites excluding steroid dienone is 1. The molecule has 0 spiro atoms. The van der Waals surface area contributed by atoms with E-state index in [1.807, 2.05) is 0 Å². The molecule has 0 aliphatic carbocycles. The summed E-state index contributed by atoms with van der Waals surface area (Å²) in [7, 11) is -1.14. The van der Waals surface area contributed by atoms with Crippen LogP contribution in [0.3, 0.4) is 0 Å². The summed E-state index contributed by atoms with van der Waals surface area (Å²) >= 11 is 5.34. The average molecular weight is 183 g/mol. The van der Waals surface area contributed by atoms with Crippen molar-refractivity contribution in [2.45, 2.75) is 6.92 Å². The second-order valence-corrected chi connectivity index (χ2v) is 3.07. The summed E-state index contributed by atoms with van der Waals surface area (Å²) in [6.45, 7) is 2.98. The highest BCUT2D eigenvalue weighted by molar-refractivity contribution is 7.42. The lowest BCUT2D eigenvalue weighted by Gasteiger charge is -2.07. The molecule has 1 rings (SSSR count). The van der Waals surface area contributed by atoms with E-state index >= 15 is 0 Å². The van der Waals surface area contributed by atoms with Crippen molar-refractivity contribution in [2.75, 3.05) is 13.2 Å². The van der Waals surface area contributed by atoms with E-state index in [-0.39, 0.29) is 0 Å². The van der Waals surface area contributed by atoms with Crippen LogP contribution in [0.1, 0.15) is 6.92 Å². The Balaban J connectivity index is 2.24. The monoisotopic (exact) mass is 182 g/mol. The molecule has 10 heavy (non-hydrogen) atoms. The maximum absolute atomic E-state index is 5.34. The van der Waals surface area contributed by atoms with Crippen LogP contribution in [-0.2, 0) is 13.6 Å². The van der Waals surface area contributed by atoms with Crippen molar-refractivity contribution in [3.8, 4) is 0 Å². The smallest absolute Gasteiger partial charge is 0.397 e. The molecule has 58 valence electrons. The van der Waals surface area contributed by atoms with Crippen molar-refractivity contribution in [3.63, 3.8) is 0 Å². The van der Waals surface area contributed by atoms with E-state index in [1.165, 1.54) is 5.54 Å². The lowest BCUT2D eigenvalue weighted by Crippen LogP contribution is -1.80. The Morgan fingerprint density at radius 1 is 1.60 bits per heavy atom. The summed E-state index contributed by atoms with van der Waals surface area (Å²) in [6, 6.07) is 0. The largest absolute Gasteiger partial charge is 0.431 e. The van der Waals surface area contributed by atoms with Gasteiger partial charge < -0.3 is 13.6 Å². The number of rotatable bonds is 2. The molecule has 0 unspecified atom stereocenters. The molecule has 5 heteroatoms. The topological polar surface area (TPSA) is 27.7 Å². The van der Waals surface area contributed by atoms with E-state index in [0.717, 1.165) is 0 Å². The van der Waals surface area contributed by atoms with Crippen LogP contribution >= 0.6 is 20.2 Å². The summed E-state index contributed by atoms with van der Waals surface area (Å²) in [6.07, 6.45) is 0. The number of hydrogen-bond acceptors (Lipinski definition) is 3. The Morgan fingerprint density at radius 3 is 2.70 bits per heavy atom. The van der Waals surface area contributed by atoms with E-state index in [0.29, 0.717) is 19.0 Å². The first kappa shape index (κ1) is 8.28.